The second-order valence-corrected chi connectivity index (χ2v) is 7.40. The summed E-state index contributed by atoms with van der Waals surface area (Å²) < 4.78 is 28.1. The largest absolute Gasteiger partial charge is 0.481 e. The number of rotatable bonds is 8. The van der Waals surface area contributed by atoms with Gasteiger partial charge in [0.05, 0.1) is 29.6 Å². The molecule has 2 N–H and O–H groups in total. The number of unbranched alkanes of at least 4 members (excludes halogenated alkanes) is 1. The van der Waals surface area contributed by atoms with E-state index in [1.54, 1.807) is 0 Å². The van der Waals surface area contributed by atoms with Crippen molar-refractivity contribution in [3.63, 3.8) is 0 Å². The molecule has 0 amide bonds. The van der Waals surface area contributed by atoms with Crippen LogP contribution in [0.2, 0.25) is 0 Å². The van der Waals surface area contributed by atoms with Gasteiger partial charge in [-0.1, -0.05) is 13.3 Å². The third-order valence-corrected chi connectivity index (χ3v) is 5.24. The lowest BCUT2D eigenvalue weighted by atomic mass is 9.82. The van der Waals surface area contributed by atoms with Crippen LogP contribution in [0.5, 0.6) is 0 Å². The summed E-state index contributed by atoms with van der Waals surface area (Å²) in [4.78, 5) is 11.3. The lowest BCUT2D eigenvalue weighted by Crippen LogP contribution is -2.37. The Hall–Kier alpha value is -0.660. The number of hydrogen-bond donors (Lipinski definition) is 2. The highest BCUT2D eigenvalue weighted by Gasteiger charge is 2.49. The number of sulfone groups is 1. The van der Waals surface area contributed by atoms with Gasteiger partial charge in [0, 0.05) is 6.61 Å². The van der Waals surface area contributed by atoms with Gasteiger partial charge in [-0.05, 0) is 19.3 Å². The summed E-state index contributed by atoms with van der Waals surface area (Å²) in [6.07, 6.45) is 0.907. The van der Waals surface area contributed by atoms with Crippen molar-refractivity contribution in [1.29, 1.82) is 0 Å². The Kier molecular flexibility index (Phi) is 5.76. The molecule has 1 heterocycles. The summed E-state index contributed by atoms with van der Waals surface area (Å²) in [7, 11) is -3.31. The Bertz CT molecular complexity index is 404. The molecule has 2 unspecified atom stereocenters. The molecule has 1 aliphatic heterocycles. The van der Waals surface area contributed by atoms with E-state index in [-0.39, 0.29) is 31.0 Å². The fourth-order valence-electron chi connectivity index (χ4n) is 2.31. The summed E-state index contributed by atoms with van der Waals surface area (Å²) in [6, 6.07) is 0. The van der Waals surface area contributed by atoms with Crippen LogP contribution in [0.4, 0.5) is 0 Å². The van der Waals surface area contributed by atoms with Crippen LogP contribution >= 0.6 is 0 Å². The normalized spacial score (nSPS) is 27.3. The summed E-state index contributed by atoms with van der Waals surface area (Å²) in [5, 5.41) is 19.0. The molecule has 112 valence electrons. The van der Waals surface area contributed by atoms with Gasteiger partial charge in [-0.25, -0.2) is 8.42 Å². The van der Waals surface area contributed by atoms with Crippen LogP contribution in [0, 0.1) is 5.41 Å². The van der Waals surface area contributed by atoms with E-state index in [2.05, 4.69) is 0 Å². The number of carbonyl (C=O) groups is 1. The van der Waals surface area contributed by atoms with E-state index < -0.39 is 27.3 Å². The summed E-state index contributed by atoms with van der Waals surface area (Å²) >= 11 is 0. The third kappa shape index (κ3) is 4.74. The Balaban J connectivity index is 2.53. The zero-order valence-corrected chi connectivity index (χ0v) is 12.0. The molecular weight excluding hydrogens is 272 g/mol. The molecule has 0 aromatic rings. The Labute approximate surface area is 113 Å². The molecule has 0 aromatic heterocycles. The molecule has 19 heavy (non-hydrogen) atoms. The standard InChI is InChI=1S/C12H22O6S/c1-2-3-5-18-8-10(13)7-12(11(14)15)4-6-19(16,17)9-12/h10,13H,2-9H2,1H3,(H,14,15). The Morgan fingerprint density at radius 1 is 1.47 bits per heavy atom. The number of carboxylic acids is 1. The smallest absolute Gasteiger partial charge is 0.310 e. The van der Waals surface area contributed by atoms with E-state index >= 15 is 0 Å². The fourth-order valence-corrected chi connectivity index (χ4v) is 4.38. The zero-order valence-electron chi connectivity index (χ0n) is 11.2. The summed E-state index contributed by atoms with van der Waals surface area (Å²) in [5.41, 5.74) is -1.35. The average molecular weight is 294 g/mol. The molecule has 1 fully saturated rings. The fraction of sp³-hybridized carbons (Fsp3) is 0.917. The number of carboxylic acid groups (broad SMARTS) is 1. The molecule has 0 spiro atoms. The predicted molar refractivity (Wildman–Crippen MR) is 69.7 cm³/mol. The van der Waals surface area contributed by atoms with E-state index in [4.69, 9.17) is 4.74 Å². The lowest BCUT2D eigenvalue weighted by molar-refractivity contribution is -0.149. The highest BCUT2D eigenvalue weighted by Crippen LogP contribution is 2.37. The molecular formula is C12H22O6S. The quantitative estimate of drug-likeness (QED) is 0.630. The van der Waals surface area contributed by atoms with Crippen LogP contribution in [0.15, 0.2) is 0 Å². The number of aliphatic hydroxyl groups is 1. The maximum absolute atomic E-state index is 11.5. The van der Waals surface area contributed by atoms with E-state index in [1.807, 2.05) is 6.92 Å². The number of hydrogen-bond acceptors (Lipinski definition) is 5. The zero-order chi connectivity index (χ0) is 14.5. The van der Waals surface area contributed by atoms with Crippen molar-refractivity contribution in [3.8, 4) is 0 Å². The second kappa shape index (κ2) is 6.67. The average Bonchev–Trinajstić information content (AvgIpc) is 2.62. The monoisotopic (exact) mass is 294 g/mol. The molecule has 6 nitrogen and oxygen atoms in total. The first kappa shape index (κ1) is 16.4. The molecule has 0 aliphatic carbocycles. The first-order chi connectivity index (χ1) is 8.81. The van der Waals surface area contributed by atoms with Crippen molar-refractivity contribution in [2.75, 3.05) is 24.7 Å². The van der Waals surface area contributed by atoms with Gasteiger partial charge in [0.25, 0.3) is 0 Å². The highest BCUT2D eigenvalue weighted by molar-refractivity contribution is 7.91. The summed E-state index contributed by atoms with van der Waals surface area (Å²) in [6.45, 7) is 2.59. The van der Waals surface area contributed by atoms with Gasteiger partial charge in [-0.15, -0.1) is 0 Å². The molecule has 0 bridgehead atoms. The third-order valence-electron chi connectivity index (χ3n) is 3.42. The molecule has 1 aliphatic rings. The number of aliphatic carboxylic acids is 1. The number of ether oxygens (including phenoxy) is 1. The van der Waals surface area contributed by atoms with Gasteiger partial charge in [-0.2, -0.15) is 0 Å². The molecule has 0 aromatic carbocycles. The second-order valence-electron chi connectivity index (χ2n) is 5.21. The van der Waals surface area contributed by atoms with Gasteiger partial charge in [-0.3, -0.25) is 4.79 Å². The van der Waals surface area contributed by atoms with Crippen molar-refractivity contribution >= 4 is 15.8 Å². The van der Waals surface area contributed by atoms with Crippen molar-refractivity contribution in [1.82, 2.24) is 0 Å². The number of aliphatic hydroxyl groups excluding tert-OH is 1. The maximum Gasteiger partial charge on any atom is 0.310 e. The SMILES string of the molecule is CCCCOCC(O)CC1(C(=O)O)CCS(=O)(=O)C1. The minimum atomic E-state index is -3.31. The van der Waals surface area contributed by atoms with E-state index in [0.717, 1.165) is 12.8 Å². The van der Waals surface area contributed by atoms with Gasteiger partial charge in [0.2, 0.25) is 0 Å². The van der Waals surface area contributed by atoms with Crippen molar-refractivity contribution in [2.24, 2.45) is 5.41 Å². The lowest BCUT2D eigenvalue weighted by Gasteiger charge is -2.25. The molecule has 1 rings (SSSR count). The van der Waals surface area contributed by atoms with Crippen molar-refractivity contribution < 1.29 is 28.2 Å². The van der Waals surface area contributed by atoms with Crippen molar-refractivity contribution in [2.45, 2.75) is 38.7 Å². The molecule has 1 saturated heterocycles. The minimum Gasteiger partial charge on any atom is -0.481 e. The van der Waals surface area contributed by atoms with Gasteiger partial charge >= 0.3 is 5.97 Å². The van der Waals surface area contributed by atoms with E-state index in [9.17, 15) is 23.4 Å². The topological polar surface area (TPSA) is 101 Å². The summed E-state index contributed by atoms with van der Waals surface area (Å²) in [5.74, 6) is -1.66. The Morgan fingerprint density at radius 3 is 2.63 bits per heavy atom. The first-order valence-electron chi connectivity index (χ1n) is 6.51. The minimum absolute atomic E-state index is 0.0507. The van der Waals surface area contributed by atoms with Crippen molar-refractivity contribution in [3.05, 3.63) is 0 Å². The van der Waals surface area contributed by atoms with Crippen LogP contribution in [0.1, 0.15) is 32.6 Å². The molecule has 0 radical (unpaired) electrons. The van der Waals surface area contributed by atoms with Crippen LogP contribution in [-0.2, 0) is 19.4 Å². The molecule has 2 atom stereocenters. The Morgan fingerprint density at radius 2 is 2.16 bits per heavy atom. The highest BCUT2D eigenvalue weighted by atomic mass is 32.2. The maximum atomic E-state index is 11.5. The van der Waals surface area contributed by atoms with Gasteiger partial charge in [0.15, 0.2) is 9.84 Å². The van der Waals surface area contributed by atoms with Gasteiger partial charge < -0.3 is 14.9 Å². The first-order valence-corrected chi connectivity index (χ1v) is 8.33. The van der Waals surface area contributed by atoms with E-state index in [0.29, 0.717) is 6.61 Å². The van der Waals surface area contributed by atoms with Crippen LogP contribution in [0.3, 0.4) is 0 Å². The molecule has 0 saturated carbocycles. The van der Waals surface area contributed by atoms with Crippen LogP contribution in [0.25, 0.3) is 0 Å². The van der Waals surface area contributed by atoms with Gasteiger partial charge in [0.1, 0.15) is 0 Å². The van der Waals surface area contributed by atoms with Crippen LogP contribution in [-0.4, -0.2) is 55.4 Å². The van der Waals surface area contributed by atoms with E-state index in [1.165, 1.54) is 0 Å². The van der Waals surface area contributed by atoms with Crippen LogP contribution < -0.4 is 0 Å². The molecule has 7 heteroatoms. The predicted octanol–water partition coefficient (Wildman–Crippen LogP) is 0.444.